The average Bonchev–Trinajstić information content (AvgIpc) is 3.14. The highest BCUT2D eigenvalue weighted by Crippen LogP contribution is 2.37. The SMILES string of the molecule is CCO/N=C(\CC)C1=C(O)CC(c2c(C)cc(C)cc2C)CC1=O.O=C1CN=CN1. The minimum atomic E-state index is -0.0524. The molecule has 0 radical (unpaired) electrons. The van der Waals surface area contributed by atoms with Gasteiger partial charge in [-0.15, -0.1) is 0 Å². The van der Waals surface area contributed by atoms with E-state index in [2.05, 4.69) is 48.4 Å². The second-order valence-corrected chi connectivity index (χ2v) is 7.51. The van der Waals surface area contributed by atoms with Gasteiger partial charge >= 0.3 is 0 Å². The van der Waals surface area contributed by atoms with Crippen LogP contribution in [0.4, 0.5) is 0 Å². The maximum Gasteiger partial charge on any atom is 0.246 e. The quantitative estimate of drug-likeness (QED) is 0.566. The number of nitrogens with zero attached hydrogens (tertiary/aromatic N) is 2. The summed E-state index contributed by atoms with van der Waals surface area (Å²) in [4.78, 5) is 31.4. The van der Waals surface area contributed by atoms with Crippen LogP contribution >= 0.6 is 0 Å². The molecule has 0 bridgehead atoms. The van der Waals surface area contributed by atoms with E-state index in [-0.39, 0.29) is 23.4 Å². The van der Waals surface area contributed by atoms with Gasteiger partial charge in [0.2, 0.25) is 5.91 Å². The van der Waals surface area contributed by atoms with Gasteiger partial charge in [0.15, 0.2) is 5.78 Å². The van der Waals surface area contributed by atoms with Crippen molar-refractivity contribution in [3.05, 3.63) is 45.7 Å². The van der Waals surface area contributed by atoms with E-state index in [9.17, 15) is 14.7 Å². The lowest BCUT2D eigenvalue weighted by Crippen LogP contribution is -2.24. The van der Waals surface area contributed by atoms with E-state index in [0.717, 1.165) is 0 Å². The van der Waals surface area contributed by atoms with Crippen molar-refractivity contribution in [2.45, 2.75) is 59.8 Å². The van der Waals surface area contributed by atoms with Crippen molar-refractivity contribution in [1.82, 2.24) is 5.32 Å². The van der Waals surface area contributed by atoms with E-state index in [1.807, 2.05) is 13.8 Å². The Balaban J connectivity index is 0.000000456. The first-order valence-electron chi connectivity index (χ1n) is 10.3. The second kappa shape index (κ2) is 10.7. The zero-order chi connectivity index (χ0) is 22.3. The largest absolute Gasteiger partial charge is 0.511 e. The van der Waals surface area contributed by atoms with Crippen LogP contribution in [0.5, 0.6) is 0 Å². The lowest BCUT2D eigenvalue weighted by molar-refractivity contribution is -0.118. The number of Topliss-reactive ketones (excluding diaryl/α,β-unsaturated/α-hetero) is 1. The highest BCUT2D eigenvalue weighted by Gasteiger charge is 2.32. The Bertz CT molecular complexity index is 867. The summed E-state index contributed by atoms with van der Waals surface area (Å²) in [6, 6.07) is 4.27. The van der Waals surface area contributed by atoms with Gasteiger partial charge in [-0.3, -0.25) is 14.6 Å². The lowest BCUT2D eigenvalue weighted by Gasteiger charge is -2.27. The molecule has 1 amide bonds. The number of hydrogen-bond donors (Lipinski definition) is 2. The predicted octanol–water partition coefficient (Wildman–Crippen LogP) is 3.82. The maximum atomic E-state index is 12.7. The number of carbonyl (C=O) groups excluding carboxylic acids is 2. The molecule has 7 heteroatoms. The number of allylic oxidation sites excluding steroid dienone is 2. The molecule has 0 fully saturated rings. The van der Waals surface area contributed by atoms with Crippen molar-refractivity contribution in [1.29, 1.82) is 0 Å². The molecule has 1 aliphatic carbocycles. The molecule has 0 saturated heterocycles. The van der Waals surface area contributed by atoms with Crippen LogP contribution in [0.2, 0.25) is 0 Å². The van der Waals surface area contributed by atoms with Crippen molar-refractivity contribution < 1.29 is 19.5 Å². The third kappa shape index (κ3) is 5.78. The van der Waals surface area contributed by atoms with Crippen molar-refractivity contribution >= 4 is 23.7 Å². The molecule has 0 spiro atoms. The first-order valence-corrected chi connectivity index (χ1v) is 10.3. The van der Waals surface area contributed by atoms with Crippen LogP contribution in [0.15, 0.2) is 33.6 Å². The zero-order valence-electron chi connectivity index (χ0n) is 18.4. The van der Waals surface area contributed by atoms with E-state index in [1.54, 1.807) is 0 Å². The smallest absolute Gasteiger partial charge is 0.246 e. The molecular formula is C23H31N3O4. The Labute approximate surface area is 177 Å². The van der Waals surface area contributed by atoms with Crippen LogP contribution < -0.4 is 5.32 Å². The highest BCUT2D eigenvalue weighted by molar-refractivity contribution is 6.23. The van der Waals surface area contributed by atoms with Crippen LogP contribution in [0, 0.1) is 20.8 Å². The Kier molecular flexibility index (Phi) is 8.33. The third-order valence-electron chi connectivity index (χ3n) is 5.06. The molecule has 1 unspecified atom stereocenters. The fraction of sp³-hybridized carbons (Fsp3) is 0.478. The number of oxime groups is 1. The van der Waals surface area contributed by atoms with Crippen LogP contribution in [0.1, 0.15) is 61.3 Å². The van der Waals surface area contributed by atoms with Gasteiger partial charge in [0, 0.05) is 12.8 Å². The Hall–Kier alpha value is -2.96. The fourth-order valence-electron chi connectivity index (χ4n) is 3.98. The van der Waals surface area contributed by atoms with E-state index in [0.29, 0.717) is 43.7 Å². The molecule has 1 aromatic carbocycles. The summed E-state index contributed by atoms with van der Waals surface area (Å²) in [7, 11) is 0. The van der Waals surface area contributed by atoms with Gasteiger partial charge in [0.1, 0.15) is 18.9 Å². The maximum absolute atomic E-state index is 12.7. The number of aryl methyl sites for hydroxylation is 3. The number of aliphatic imine (C=N–C) groups is 1. The third-order valence-corrected chi connectivity index (χ3v) is 5.06. The number of hydrogen-bond acceptors (Lipinski definition) is 6. The first-order chi connectivity index (χ1) is 14.3. The summed E-state index contributed by atoms with van der Waals surface area (Å²) in [5.74, 6) is 0.0846. The van der Waals surface area contributed by atoms with Gasteiger partial charge in [0.25, 0.3) is 0 Å². The van der Waals surface area contributed by atoms with Crippen molar-refractivity contribution in [2.75, 3.05) is 13.2 Å². The number of aliphatic hydroxyl groups excluding tert-OH is 1. The predicted molar refractivity (Wildman–Crippen MR) is 118 cm³/mol. The van der Waals surface area contributed by atoms with Crippen LogP contribution in [-0.2, 0) is 14.4 Å². The summed E-state index contributed by atoms with van der Waals surface area (Å²) < 4.78 is 0. The second-order valence-electron chi connectivity index (χ2n) is 7.51. The Morgan fingerprint density at radius 3 is 2.30 bits per heavy atom. The number of benzene rings is 1. The topological polar surface area (TPSA) is 100 Å². The molecule has 0 saturated carbocycles. The Morgan fingerprint density at radius 2 is 1.87 bits per heavy atom. The molecule has 7 nitrogen and oxygen atoms in total. The summed E-state index contributed by atoms with van der Waals surface area (Å²) in [6.45, 7) is 10.7. The number of amides is 1. The molecule has 2 N–H and O–H groups in total. The van der Waals surface area contributed by atoms with Gasteiger partial charge in [-0.25, -0.2) is 0 Å². The molecule has 2 aliphatic rings. The van der Waals surface area contributed by atoms with E-state index < -0.39 is 0 Å². The van der Waals surface area contributed by atoms with E-state index in [1.165, 1.54) is 28.6 Å². The van der Waals surface area contributed by atoms with Crippen molar-refractivity contribution in [2.24, 2.45) is 10.1 Å². The minimum absolute atomic E-state index is 0.0185. The monoisotopic (exact) mass is 413 g/mol. The lowest BCUT2D eigenvalue weighted by atomic mass is 9.78. The number of ketones is 1. The first kappa shape index (κ1) is 23.3. The number of aliphatic hydroxyl groups is 1. The number of nitrogens with one attached hydrogen (secondary N) is 1. The fourth-order valence-corrected chi connectivity index (χ4v) is 3.98. The molecule has 162 valence electrons. The van der Waals surface area contributed by atoms with Gasteiger partial charge < -0.3 is 15.3 Å². The molecular weight excluding hydrogens is 382 g/mol. The summed E-state index contributed by atoms with van der Waals surface area (Å²) in [6.07, 6.45) is 2.83. The van der Waals surface area contributed by atoms with E-state index in [4.69, 9.17) is 4.84 Å². The molecule has 1 aliphatic heterocycles. The highest BCUT2D eigenvalue weighted by atomic mass is 16.6. The molecule has 1 heterocycles. The standard InChI is InChI=1S/C20H27NO3.C3H4N2O/c1-6-16(21-24-7-2)20-17(22)10-15(11-18(20)23)19-13(4)8-12(3)9-14(19)5;6-3-1-4-2-5-3/h8-9,15,22H,6-7,10-11H2,1-5H3;2H,1H2,(H,4,5,6)/b21-16+;. The molecule has 3 rings (SSSR count). The van der Waals surface area contributed by atoms with Gasteiger partial charge in [-0.05, 0) is 56.7 Å². The van der Waals surface area contributed by atoms with Crippen LogP contribution in [0.3, 0.4) is 0 Å². The summed E-state index contributed by atoms with van der Waals surface area (Å²) in [5.41, 5.74) is 5.65. The normalized spacial score (nSPS) is 18.8. The number of carbonyl (C=O) groups is 2. The molecule has 1 atom stereocenters. The zero-order valence-corrected chi connectivity index (χ0v) is 18.4. The molecule has 30 heavy (non-hydrogen) atoms. The molecule has 1 aromatic rings. The van der Waals surface area contributed by atoms with Crippen molar-refractivity contribution in [3.8, 4) is 0 Å². The van der Waals surface area contributed by atoms with Crippen LogP contribution in [-0.4, -0.2) is 42.0 Å². The summed E-state index contributed by atoms with van der Waals surface area (Å²) in [5, 5.41) is 16.9. The number of rotatable bonds is 5. The van der Waals surface area contributed by atoms with Gasteiger partial charge in [0.05, 0.1) is 17.6 Å². The van der Waals surface area contributed by atoms with Gasteiger partial charge in [-0.2, -0.15) is 0 Å². The van der Waals surface area contributed by atoms with Gasteiger partial charge in [-0.1, -0.05) is 29.8 Å². The Morgan fingerprint density at radius 1 is 1.20 bits per heavy atom. The van der Waals surface area contributed by atoms with Crippen molar-refractivity contribution in [3.63, 3.8) is 0 Å². The minimum Gasteiger partial charge on any atom is -0.511 e. The van der Waals surface area contributed by atoms with Crippen LogP contribution in [0.25, 0.3) is 0 Å². The summed E-state index contributed by atoms with van der Waals surface area (Å²) >= 11 is 0. The van der Waals surface area contributed by atoms with E-state index >= 15 is 0 Å². The molecule has 0 aromatic heterocycles. The average molecular weight is 414 g/mol.